The molecule has 0 amide bonds. The summed E-state index contributed by atoms with van der Waals surface area (Å²) in [5.74, 6) is -0.233. The first kappa shape index (κ1) is 23.6. The highest BCUT2D eigenvalue weighted by molar-refractivity contribution is 5.66. The molecule has 0 radical (unpaired) electrons. The molecule has 1 rings (SSSR count). The number of hydrogen-bond acceptors (Lipinski definition) is 5. The Bertz CT molecular complexity index is 513. The van der Waals surface area contributed by atoms with Gasteiger partial charge in [0.15, 0.2) is 6.23 Å². The van der Waals surface area contributed by atoms with Crippen LogP contribution in [0.25, 0.3) is 0 Å². The van der Waals surface area contributed by atoms with Crippen LogP contribution in [0.3, 0.4) is 0 Å². The molecule has 0 saturated heterocycles. The van der Waals surface area contributed by atoms with E-state index < -0.39 is 0 Å². The molecule has 0 aliphatic heterocycles. The Hall–Kier alpha value is -1.43. The third-order valence-electron chi connectivity index (χ3n) is 4.74. The summed E-state index contributed by atoms with van der Waals surface area (Å²) >= 11 is 0. The largest absolute Gasteiger partial charge is 0.447 e. The lowest BCUT2D eigenvalue weighted by molar-refractivity contribution is -0.155. The second kappa shape index (κ2) is 13.7. The highest BCUT2D eigenvalue weighted by Crippen LogP contribution is 2.13. The highest BCUT2D eigenvalue weighted by atomic mass is 16.6. The predicted octanol–water partition coefficient (Wildman–Crippen LogP) is 3.76. The molecule has 154 valence electrons. The fraction of sp³-hybridized carbons (Fsp3) is 0.682. The van der Waals surface area contributed by atoms with E-state index in [2.05, 4.69) is 47.9 Å². The monoisotopic (exact) mass is 377 g/mol. The second-order valence-corrected chi connectivity index (χ2v) is 7.25. The van der Waals surface area contributed by atoms with Crippen molar-refractivity contribution in [3.8, 4) is 0 Å². The number of esters is 1. The van der Waals surface area contributed by atoms with Crippen molar-refractivity contribution in [1.82, 2.24) is 9.80 Å². The molecule has 2 N–H and O–H groups in total. The SMILES string of the molecule is CCCN(CCC)CCCCN(Cc1ccc(CN)cc1)C(C)OC(C)=O. The molecular formula is C22H39N3O2. The first-order chi connectivity index (χ1) is 13.0. The van der Waals surface area contributed by atoms with E-state index in [1.54, 1.807) is 0 Å². The molecular weight excluding hydrogens is 338 g/mol. The normalized spacial score (nSPS) is 12.6. The van der Waals surface area contributed by atoms with Crippen molar-refractivity contribution in [3.63, 3.8) is 0 Å². The van der Waals surface area contributed by atoms with Gasteiger partial charge in [-0.25, -0.2) is 0 Å². The summed E-state index contributed by atoms with van der Waals surface area (Å²) in [6.07, 6.45) is 4.44. The van der Waals surface area contributed by atoms with Crippen molar-refractivity contribution in [2.24, 2.45) is 5.73 Å². The summed E-state index contributed by atoms with van der Waals surface area (Å²) in [4.78, 5) is 16.2. The van der Waals surface area contributed by atoms with Gasteiger partial charge in [0.2, 0.25) is 0 Å². The second-order valence-electron chi connectivity index (χ2n) is 7.25. The van der Waals surface area contributed by atoms with Crippen molar-refractivity contribution >= 4 is 5.97 Å². The summed E-state index contributed by atoms with van der Waals surface area (Å²) in [5, 5.41) is 0. The molecule has 0 fully saturated rings. The van der Waals surface area contributed by atoms with Crippen LogP contribution in [0.4, 0.5) is 0 Å². The van der Waals surface area contributed by atoms with Gasteiger partial charge < -0.3 is 15.4 Å². The third-order valence-corrected chi connectivity index (χ3v) is 4.74. The fourth-order valence-electron chi connectivity index (χ4n) is 3.34. The Morgan fingerprint density at radius 3 is 2.07 bits per heavy atom. The van der Waals surface area contributed by atoms with Gasteiger partial charge in [-0.15, -0.1) is 0 Å². The molecule has 0 aliphatic rings. The highest BCUT2D eigenvalue weighted by Gasteiger charge is 2.17. The number of unbranched alkanes of at least 4 members (excludes halogenated alkanes) is 1. The van der Waals surface area contributed by atoms with Gasteiger partial charge in [-0.2, -0.15) is 0 Å². The molecule has 0 spiro atoms. The molecule has 0 aromatic heterocycles. The number of ether oxygens (including phenoxy) is 1. The van der Waals surface area contributed by atoms with Gasteiger partial charge in [0, 0.05) is 26.6 Å². The zero-order valence-electron chi connectivity index (χ0n) is 17.7. The molecule has 0 heterocycles. The van der Waals surface area contributed by atoms with Crippen LogP contribution in [0.5, 0.6) is 0 Å². The quantitative estimate of drug-likeness (QED) is 0.304. The van der Waals surface area contributed by atoms with E-state index in [9.17, 15) is 4.79 Å². The van der Waals surface area contributed by atoms with E-state index in [0.29, 0.717) is 6.54 Å². The molecule has 5 nitrogen and oxygen atoms in total. The Balaban J connectivity index is 2.58. The number of carbonyl (C=O) groups is 1. The lowest BCUT2D eigenvalue weighted by Gasteiger charge is -2.29. The number of nitrogens with two attached hydrogens (primary N) is 1. The van der Waals surface area contributed by atoms with Crippen LogP contribution in [0.15, 0.2) is 24.3 Å². The van der Waals surface area contributed by atoms with Gasteiger partial charge in [0.1, 0.15) is 0 Å². The van der Waals surface area contributed by atoms with E-state index in [1.165, 1.54) is 38.4 Å². The number of rotatable bonds is 14. The Morgan fingerprint density at radius 2 is 1.56 bits per heavy atom. The third kappa shape index (κ3) is 9.89. The maximum Gasteiger partial charge on any atom is 0.304 e. The summed E-state index contributed by atoms with van der Waals surface area (Å²) in [6, 6.07) is 8.36. The van der Waals surface area contributed by atoms with Gasteiger partial charge in [-0.1, -0.05) is 38.1 Å². The Kier molecular flexibility index (Phi) is 12.0. The molecule has 1 unspecified atom stereocenters. The van der Waals surface area contributed by atoms with Crippen LogP contribution in [-0.2, 0) is 22.6 Å². The number of benzene rings is 1. The van der Waals surface area contributed by atoms with Crippen LogP contribution in [0, 0.1) is 0 Å². The summed E-state index contributed by atoms with van der Waals surface area (Å²) in [7, 11) is 0. The van der Waals surface area contributed by atoms with Crippen molar-refractivity contribution < 1.29 is 9.53 Å². The zero-order chi connectivity index (χ0) is 20.1. The maximum atomic E-state index is 11.4. The van der Waals surface area contributed by atoms with Crippen molar-refractivity contribution in [1.29, 1.82) is 0 Å². The van der Waals surface area contributed by atoms with E-state index in [4.69, 9.17) is 10.5 Å². The molecule has 0 aliphatic carbocycles. The number of hydrogen-bond donors (Lipinski definition) is 1. The van der Waals surface area contributed by atoms with Gasteiger partial charge in [0.05, 0.1) is 0 Å². The molecule has 1 atom stereocenters. The van der Waals surface area contributed by atoms with Crippen LogP contribution in [0.1, 0.15) is 64.5 Å². The maximum absolute atomic E-state index is 11.4. The van der Waals surface area contributed by atoms with Crippen molar-refractivity contribution in [3.05, 3.63) is 35.4 Å². The molecule has 0 bridgehead atoms. The number of carbonyl (C=O) groups excluding carboxylic acids is 1. The first-order valence-corrected chi connectivity index (χ1v) is 10.4. The van der Waals surface area contributed by atoms with Crippen LogP contribution in [0.2, 0.25) is 0 Å². The minimum absolute atomic E-state index is 0.223. The number of nitrogens with zero attached hydrogens (tertiary/aromatic N) is 2. The molecule has 1 aromatic carbocycles. The lowest BCUT2D eigenvalue weighted by atomic mass is 10.1. The topological polar surface area (TPSA) is 58.8 Å². The summed E-state index contributed by atoms with van der Waals surface area (Å²) in [5.41, 5.74) is 8.02. The van der Waals surface area contributed by atoms with E-state index >= 15 is 0 Å². The Labute approximate surface area is 165 Å². The van der Waals surface area contributed by atoms with Crippen LogP contribution in [-0.4, -0.2) is 48.2 Å². The smallest absolute Gasteiger partial charge is 0.304 e. The van der Waals surface area contributed by atoms with Crippen molar-refractivity contribution in [2.45, 2.75) is 72.7 Å². The van der Waals surface area contributed by atoms with Gasteiger partial charge in [0.25, 0.3) is 0 Å². The summed E-state index contributed by atoms with van der Waals surface area (Å²) < 4.78 is 5.44. The van der Waals surface area contributed by atoms with Gasteiger partial charge in [-0.3, -0.25) is 9.69 Å². The zero-order valence-corrected chi connectivity index (χ0v) is 17.7. The van der Waals surface area contributed by atoms with Gasteiger partial charge in [-0.05, 0) is 63.4 Å². The molecule has 5 heteroatoms. The van der Waals surface area contributed by atoms with E-state index in [-0.39, 0.29) is 12.2 Å². The van der Waals surface area contributed by atoms with Crippen LogP contribution < -0.4 is 5.73 Å². The average Bonchev–Trinajstić information content (AvgIpc) is 2.64. The van der Waals surface area contributed by atoms with E-state index in [1.807, 2.05) is 6.92 Å². The molecule has 0 saturated carbocycles. The van der Waals surface area contributed by atoms with Gasteiger partial charge >= 0.3 is 5.97 Å². The minimum Gasteiger partial charge on any atom is -0.447 e. The standard InChI is InChI=1S/C22H39N3O2/c1-5-13-24(14-6-2)15-7-8-16-25(19(3)27-20(4)26)18-22-11-9-21(17-23)10-12-22/h9-12,19H,5-8,13-18,23H2,1-4H3. The van der Waals surface area contributed by atoms with Crippen LogP contribution >= 0.6 is 0 Å². The fourth-order valence-corrected chi connectivity index (χ4v) is 3.34. The van der Waals surface area contributed by atoms with Crippen molar-refractivity contribution in [2.75, 3.05) is 26.2 Å². The predicted molar refractivity (Wildman–Crippen MR) is 112 cm³/mol. The first-order valence-electron chi connectivity index (χ1n) is 10.4. The lowest BCUT2D eigenvalue weighted by Crippen LogP contribution is -2.37. The van der Waals surface area contributed by atoms with E-state index in [0.717, 1.165) is 38.0 Å². The molecule has 27 heavy (non-hydrogen) atoms. The summed E-state index contributed by atoms with van der Waals surface area (Å²) in [6.45, 7) is 13.6. The minimum atomic E-state index is -0.233. The average molecular weight is 378 g/mol. The molecule has 1 aromatic rings. The Morgan fingerprint density at radius 1 is 1.00 bits per heavy atom.